The van der Waals surface area contributed by atoms with Crippen molar-refractivity contribution in [1.29, 1.82) is 0 Å². The molecule has 94 valence electrons. The van der Waals surface area contributed by atoms with Gasteiger partial charge in [-0.25, -0.2) is 0 Å². The summed E-state index contributed by atoms with van der Waals surface area (Å²) >= 11 is 0. The van der Waals surface area contributed by atoms with E-state index in [1.165, 1.54) is 0 Å². The fraction of sp³-hybridized carbons (Fsp3) is 0.200. The first-order valence-corrected chi connectivity index (χ1v) is 5.85. The number of aliphatic hydroxyl groups excluding tert-OH is 1. The molecule has 18 heavy (non-hydrogen) atoms. The Bertz CT molecular complexity index is 506. The summed E-state index contributed by atoms with van der Waals surface area (Å²) in [4.78, 5) is 0. The van der Waals surface area contributed by atoms with Crippen LogP contribution in [0.1, 0.15) is 24.2 Å². The molecule has 2 rings (SSSR count). The molecule has 3 nitrogen and oxygen atoms in total. The van der Waals surface area contributed by atoms with E-state index in [-0.39, 0.29) is 5.75 Å². The molecule has 0 amide bonds. The second-order valence-corrected chi connectivity index (χ2v) is 4.14. The van der Waals surface area contributed by atoms with Crippen LogP contribution in [0.4, 0.5) is 0 Å². The zero-order chi connectivity index (χ0) is 13.0. The Morgan fingerprint density at radius 2 is 1.78 bits per heavy atom. The molecule has 1 unspecified atom stereocenters. The molecule has 0 bridgehead atoms. The van der Waals surface area contributed by atoms with Gasteiger partial charge in [0.2, 0.25) is 0 Å². The summed E-state index contributed by atoms with van der Waals surface area (Å²) in [7, 11) is 0. The molecule has 0 saturated heterocycles. The van der Waals surface area contributed by atoms with Gasteiger partial charge in [0.15, 0.2) is 11.5 Å². The summed E-state index contributed by atoms with van der Waals surface area (Å²) < 4.78 is 5.55. The molecule has 0 radical (unpaired) electrons. The highest BCUT2D eigenvalue weighted by Gasteiger charge is 2.11. The van der Waals surface area contributed by atoms with E-state index < -0.39 is 6.10 Å². The van der Waals surface area contributed by atoms with Crippen LogP contribution in [0.2, 0.25) is 0 Å². The first-order valence-electron chi connectivity index (χ1n) is 5.85. The third-order valence-corrected chi connectivity index (χ3v) is 2.72. The van der Waals surface area contributed by atoms with Crippen LogP contribution in [0.15, 0.2) is 48.5 Å². The Hall–Kier alpha value is -2.00. The van der Waals surface area contributed by atoms with E-state index >= 15 is 0 Å². The van der Waals surface area contributed by atoms with Gasteiger partial charge in [-0.3, -0.25) is 0 Å². The standard InChI is InChI=1S/C15H16O3/c1-11(16)13-8-5-9-14(15(13)17)18-10-12-6-3-2-4-7-12/h2-9,11,16-17H,10H2,1H3. The minimum Gasteiger partial charge on any atom is -0.504 e. The summed E-state index contributed by atoms with van der Waals surface area (Å²) in [5.74, 6) is 0.390. The quantitative estimate of drug-likeness (QED) is 0.869. The van der Waals surface area contributed by atoms with Gasteiger partial charge in [0, 0.05) is 5.56 Å². The van der Waals surface area contributed by atoms with Crippen molar-refractivity contribution in [1.82, 2.24) is 0 Å². The molecule has 0 fully saturated rings. The highest BCUT2D eigenvalue weighted by molar-refractivity contribution is 5.46. The first-order chi connectivity index (χ1) is 8.68. The average Bonchev–Trinajstić information content (AvgIpc) is 2.38. The van der Waals surface area contributed by atoms with E-state index in [9.17, 15) is 10.2 Å². The third kappa shape index (κ3) is 2.81. The van der Waals surface area contributed by atoms with Crippen molar-refractivity contribution in [3.8, 4) is 11.5 Å². The number of phenolic OH excluding ortho intramolecular Hbond substituents is 1. The van der Waals surface area contributed by atoms with Crippen LogP contribution in [-0.2, 0) is 6.61 Å². The van der Waals surface area contributed by atoms with Crippen molar-refractivity contribution < 1.29 is 14.9 Å². The van der Waals surface area contributed by atoms with Crippen molar-refractivity contribution >= 4 is 0 Å². The normalized spacial score (nSPS) is 12.1. The Balaban J connectivity index is 2.13. The average molecular weight is 244 g/mol. The first kappa shape index (κ1) is 12.5. The minimum absolute atomic E-state index is 0.00318. The van der Waals surface area contributed by atoms with E-state index in [1.807, 2.05) is 30.3 Å². The van der Waals surface area contributed by atoms with Gasteiger partial charge in [-0.2, -0.15) is 0 Å². The van der Waals surface area contributed by atoms with Crippen LogP contribution in [0.5, 0.6) is 11.5 Å². The fourth-order valence-electron chi connectivity index (χ4n) is 1.73. The van der Waals surface area contributed by atoms with Gasteiger partial charge < -0.3 is 14.9 Å². The Morgan fingerprint density at radius 1 is 1.06 bits per heavy atom. The summed E-state index contributed by atoms with van der Waals surface area (Å²) in [6, 6.07) is 14.8. The molecule has 2 aromatic carbocycles. The van der Waals surface area contributed by atoms with Crippen LogP contribution in [-0.4, -0.2) is 10.2 Å². The van der Waals surface area contributed by atoms with Crippen LogP contribution in [0.25, 0.3) is 0 Å². The van der Waals surface area contributed by atoms with Gasteiger partial charge in [0.05, 0.1) is 6.10 Å². The number of hydrogen-bond donors (Lipinski definition) is 2. The lowest BCUT2D eigenvalue weighted by Crippen LogP contribution is -1.98. The lowest BCUT2D eigenvalue weighted by Gasteiger charge is -2.12. The van der Waals surface area contributed by atoms with Crippen LogP contribution in [0, 0.1) is 0 Å². The predicted molar refractivity (Wildman–Crippen MR) is 69.5 cm³/mol. The second kappa shape index (κ2) is 5.56. The molecule has 0 spiro atoms. The van der Waals surface area contributed by atoms with Gasteiger partial charge in [-0.15, -0.1) is 0 Å². The van der Waals surface area contributed by atoms with Crippen LogP contribution < -0.4 is 4.74 Å². The molecular formula is C15H16O3. The molecule has 1 atom stereocenters. The maximum atomic E-state index is 9.95. The number of phenols is 1. The number of ether oxygens (including phenoxy) is 1. The largest absolute Gasteiger partial charge is 0.504 e. The van der Waals surface area contributed by atoms with Gasteiger partial charge in [0.1, 0.15) is 6.61 Å². The Labute approximate surface area is 106 Å². The van der Waals surface area contributed by atoms with Gasteiger partial charge in [-0.1, -0.05) is 42.5 Å². The van der Waals surface area contributed by atoms with Crippen LogP contribution >= 0.6 is 0 Å². The summed E-state index contributed by atoms with van der Waals surface area (Å²) in [5.41, 5.74) is 1.50. The van der Waals surface area contributed by atoms with E-state index in [1.54, 1.807) is 25.1 Å². The number of rotatable bonds is 4. The summed E-state index contributed by atoms with van der Waals surface area (Å²) in [6.45, 7) is 1.99. The van der Waals surface area contributed by atoms with Gasteiger partial charge >= 0.3 is 0 Å². The molecule has 0 aromatic heterocycles. The topological polar surface area (TPSA) is 49.7 Å². The molecule has 0 aliphatic rings. The number of hydrogen-bond acceptors (Lipinski definition) is 3. The fourth-order valence-corrected chi connectivity index (χ4v) is 1.73. The maximum Gasteiger partial charge on any atom is 0.163 e. The van der Waals surface area contributed by atoms with Crippen LogP contribution in [0.3, 0.4) is 0 Å². The lowest BCUT2D eigenvalue weighted by atomic mass is 10.1. The number of benzene rings is 2. The summed E-state index contributed by atoms with van der Waals surface area (Å²) in [6.07, 6.45) is -0.717. The molecule has 0 aliphatic carbocycles. The van der Waals surface area contributed by atoms with E-state index in [4.69, 9.17) is 4.74 Å². The maximum absolute atomic E-state index is 9.95. The predicted octanol–water partition coefficient (Wildman–Crippen LogP) is 3.02. The molecule has 2 aromatic rings. The molecule has 0 aliphatic heterocycles. The van der Waals surface area contributed by atoms with Gasteiger partial charge in [0.25, 0.3) is 0 Å². The van der Waals surface area contributed by atoms with E-state index in [0.29, 0.717) is 17.9 Å². The lowest BCUT2D eigenvalue weighted by molar-refractivity contribution is 0.192. The minimum atomic E-state index is -0.717. The smallest absolute Gasteiger partial charge is 0.163 e. The summed E-state index contributed by atoms with van der Waals surface area (Å²) in [5, 5.41) is 19.5. The monoisotopic (exact) mass is 244 g/mol. The zero-order valence-corrected chi connectivity index (χ0v) is 10.2. The molecule has 0 saturated carbocycles. The van der Waals surface area contributed by atoms with Gasteiger partial charge in [-0.05, 0) is 18.6 Å². The molecular weight excluding hydrogens is 228 g/mol. The highest BCUT2D eigenvalue weighted by Crippen LogP contribution is 2.33. The Kier molecular flexibility index (Phi) is 3.85. The van der Waals surface area contributed by atoms with Crippen molar-refractivity contribution in [2.24, 2.45) is 0 Å². The molecule has 3 heteroatoms. The van der Waals surface area contributed by atoms with Crippen molar-refractivity contribution in [2.75, 3.05) is 0 Å². The third-order valence-electron chi connectivity index (χ3n) is 2.72. The number of aliphatic hydroxyl groups is 1. The highest BCUT2D eigenvalue weighted by atomic mass is 16.5. The van der Waals surface area contributed by atoms with Crippen molar-refractivity contribution in [2.45, 2.75) is 19.6 Å². The van der Waals surface area contributed by atoms with E-state index in [2.05, 4.69) is 0 Å². The van der Waals surface area contributed by atoms with Crippen molar-refractivity contribution in [3.05, 3.63) is 59.7 Å². The molecule has 2 N–H and O–H groups in total. The molecule has 0 heterocycles. The second-order valence-electron chi connectivity index (χ2n) is 4.14. The van der Waals surface area contributed by atoms with E-state index in [0.717, 1.165) is 5.56 Å². The SMILES string of the molecule is CC(O)c1cccc(OCc2ccccc2)c1O. The Morgan fingerprint density at radius 3 is 2.44 bits per heavy atom. The number of para-hydroxylation sites is 1. The van der Waals surface area contributed by atoms with Crippen molar-refractivity contribution in [3.63, 3.8) is 0 Å². The number of aromatic hydroxyl groups is 1. The zero-order valence-electron chi connectivity index (χ0n) is 10.2.